The fourth-order valence-electron chi connectivity index (χ4n) is 3.77. The molecule has 1 fully saturated rings. The summed E-state index contributed by atoms with van der Waals surface area (Å²) in [4.78, 5) is 11.4. The number of esters is 1. The summed E-state index contributed by atoms with van der Waals surface area (Å²) in [7, 11) is 1.45. The van der Waals surface area contributed by atoms with Gasteiger partial charge in [0.15, 0.2) is 0 Å². The molecule has 124 valence electrons. The first kappa shape index (κ1) is 18.5. The Hall–Kier alpha value is -0.570. The average Bonchev–Trinajstić information content (AvgIpc) is 2.34. The van der Waals surface area contributed by atoms with E-state index >= 15 is 0 Å². The largest absolute Gasteiger partial charge is 0.469 e. The molecule has 3 heteroatoms. The summed E-state index contributed by atoms with van der Waals surface area (Å²) in [6.07, 6.45) is 3.13. The van der Waals surface area contributed by atoms with Gasteiger partial charge in [0.1, 0.15) is 0 Å². The van der Waals surface area contributed by atoms with Crippen LogP contribution in [-0.4, -0.2) is 24.3 Å². The minimum atomic E-state index is -0.251. The quantitative estimate of drug-likeness (QED) is 0.800. The van der Waals surface area contributed by atoms with Gasteiger partial charge in [0.2, 0.25) is 0 Å². The van der Waals surface area contributed by atoms with Crippen LogP contribution < -0.4 is 0 Å². The molecule has 3 unspecified atom stereocenters. The minimum Gasteiger partial charge on any atom is -0.469 e. The maximum atomic E-state index is 11.4. The average molecular weight is 298 g/mol. The van der Waals surface area contributed by atoms with E-state index in [0.29, 0.717) is 12.3 Å². The third kappa shape index (κ3) is 4.98. The van der Waals surface area contributed by atoms with E-state index in [1.807, 2.05) is 0 Å². The molecule has 3 nitrogen and oxygen atoms in total. The Morgan fingerprint density at radius 2 is 1.48 bits per heavy atom. The SMILES string of the molecule is COC(=O)CCC1CC(C(C)(C)C)C(O)[C@@H](C(C)(C)C)C1. The molecule has 0 radical (unpaired) electrons. The van der Waals surface area contributed by atoms with Crippen molar-refractivity contribution in [2.45, 2.75) is 73.3 Å². The second kappa shape index (κ2) is 6.68. The number of rotatable bonds is 3. The second-order valence-electron chi connectivity index (χ2n) is 8.89. The zero-order chi connectivity index (χ0) is 16.4. The summed E-state index contributed by atoms with van der Waals surface area (Å²) >= 11 is 0. The second-order valence-corrected chi connectivity index (χ2v) is 8.89. The number of carbonyl (C=O) groups is 1. The van der Waals surface area contributed by atoms with Gasteiger partial charge in [-0.15, -0.1) is 0 Å². The fourth-order valence-corrected chi connectivity index (χ4v) is 3.77. The number of aliphatic hydroxyl groups is 1. The van der Waals surface area contributed by atoms with Gasteiger partial charge < -0.3 is 9.84 Å². The number of hydrogen-bond acceptors (Lipinski definition) is 3. The molecule has 0 aromatic rings. The highest BCUT2D eigenvalue weighted by Crippen LogP contribution is 2.49. The summed E-state index contributed by atoms with van der Waals surface area (Å²) in [6, 6.07) is 0. The van der Waals surface area contributed by atoms with Gasteiger partial charge in [0.25, 0.3) is 0 Å². The van der Waals surface area contributed by atoms with E-state index in [2.05, 4.69) is 41.5 Å². The van der Waals surface area contributed by atoms with Gasteiger partial charge >= 0.3 is 5.97 Å². The lowest BCUT2D eigenvalue weighted by Crippen LogP contribution is -2.47. The van der Waals surface area contributed by atoms with Gasteiger partial charge in [-0.05, 0) is 47.8 Å². The molecule has 4 atom stereocenters. The van der Waals surface area contributed by atoms with Gasteiger partial charge in [-0.1, -0.05) is 41.5 Å². The van der Waals surface area contributed by atoms with Gasteiger partial charge in [-0.2, -0.15) is 0 Å². The van der Waals surface area contributed by atoms with Crippen molar-refractivity contribution in [1.82, 2.24) is 0 Å². The lowest BCUT2D eigenvalue weighted by Gasteiger charge is -2.49. The Balaban J connectivity index is 2.86. The Labute approximate surface area is 130 Å². The smallest absolute Gasteiger partial charge is 0.305 e. The molecule has 0 spiro atoms. The van der Waals surface area contributed by atoms with Crippen molar-refractivity contribution in [2.24, 2.45) is 28.6 Å². The number of aliphatic hydroxyl groups excluding tert-OH is 1. The van der Waals surface area contributed by atoms with Crippen molar-refractivity contribution < 1.29 is 14.6 Å². The summed E-state index contributed by atoms with van der Waals surface area (Å²) in [5.41, 5.74) is 0.180. The molecule has 0 aromatic carbocycles. The summed E-state index contributed by atoms with van der Waals surface area (Å²) in [5, 5.41) is 10.8. The zero-order valence-corrected chi connectivity index (χ0v) is 14.9. The van der Waals surface area contributed by atoms with Crippen LogP contribution in [-0.2, 0) is 9.53 Å². The van der Waals surface area contributed by atoms with E-state index < -0.39 is 0 Å². The molecular formula is C18H34O3. The van der Waals surface area contributed by atoms with Gasteiger partial charge in [-0.25, -0.2) is 0 Å². The monoisotopic (exact) mass is 298 g/mol. The first-order chi connectivity index (χ1) is 9.46. The molecule has 21 heavy (non-hydrogen) atoms. The minimum absolute atomic E-state index is 0.0901. The molecule has 0 aliphatic heterocycles. The summed E-state index contributed by atoms with van der Waals surface area (Å²) < 4.78 is 4.76. The highest BCUT2D eigenvalue weighted by atomic mass is 16.5. The van der Waals surface area contributed by atoms with Crippen molar-refractivity contribution in [3.05, 3.63) is 0 Å². The molecule has 1 saturated carbocycles. The summed E-state index contributed by atoms with van der Waals surface area (Å²) in [6.45, 7) is 13.3. The van der Waals surface area contributed by atoms with E-state index in [1.165, 1.54) is 7.11 Å². The van der Waals surface area contributed by atoms with Crippen LogP contribution in [0.4, 0.5) is 0 Å². The van der Waals surface area contributed by atoms with Crippen molar-refractivity contribution in [2.75, 3.05) is 7.11 Å². The Morgan fingerprint density at radius 3 is 1.81 bits per heavy atom. The van der Waals surface area contributed by atoms with Gasteiger partial charge in [0.05, 0.1) is 13.2 Å². The lowest BCUT2D eigenvalue weighted by molar-refractivity contribution is -0.141. The predicted octanol–water partition coefficient (Wildman–Crippen LogP) is 4.04. The van der Waals surface area contributed by atoms with Crippen LogP contribution >= 0.6 is 0 Å². The molecule has 1 N–H and O–H groups in total. The zero-order valence-electron chi connectivity index (χ0n) is 14.9. The molecular weight excluding hydrogens is 264 g/mol. The number of ether oxygens (including phenoxy) is 1. The van der Waals surface area contributed by atoms with Crippen molar-refractivity contribution in [3.8, 4) is 0 Å². The maximum absolute atomic E-state index is 11.4. The van der Waals surface area contributed by atoms with E-state index in [0.717, 1.165) is 19.3 Å². The highest BCUT2D eigenvalue weighted by Gasteiger charge is 2.45. The van der Waals surface area contributed by atoms with Gasteiger partial charge in [0, 0.05) is 6.42 Å². The normalized spacial score (nSPS) is 31.0. The van der Waals surface area contributed by atoms with Crippen LogP contribution in [0.15, 0.2) is 0 Å². The Morgan fingerprint density at radius 1 is 1.05 bits per heavy atom. The number of carbonyl (C=O) groups excluding carboxylic acids is 1. The lowest BCUT2D eigenvalue weighted by atomic mass is 9.58. The highest BCUT2D eigenvalue weighted by molar-refractivity contribution is 5.69. The van der Waals surface area contributed by atoms with Crippen molar-refractivity contribution in [1.29, 1.82) is 0 Å². The molecule has 1 aliphatic carbocycles. The predicted molar refractivity (Wildman–Crippen MR) is 85.9 cm³/mol. The molecule has 0 heterocycles. The standard InChI is InChI=1S/C18H34O3/c1-17(2,3)13-10-12(8-9-15(19)21-7)11-14(16(13)20)18(4,5)6/h12-14,16,20H,8-11H2,1-7H3/t12?,13-,14?,16?/m0/s1. The van der Waals surface area contributed by atoms with E-state index in [1.54, 1.807) is 0 Å². The molecule has 1 rings (SSSR count). The van der Waals surface area contributed by atoms with E-state index in [-0.39, 0.29) is 34.7 Å². The topological polar surface area (TPSA) is 46.5 Å². The van der Waals surface area contributed by atoms with Crippen LogP contribution in [0.5, 0.6) is 0 Å². The first-order valence-corrected chi connectivity index (χ1v) is 8.21. The van der Waals surface area contributed by atoms with E-state index in [9.17, 15) is 9.90 Å². The maximum Gasteiger partial charge on any atom is 0.305 e. The van der Waals surface area contributed by atoms with Gasteiger partial charge in [-0.3, -0.25) is 4.79 Å². The first-order valence-electron chi connectivity index (χ1n) is 8.21. The molecule has 0 amide bonds. The molecule has 1 aliphatic rings. The molecule has 0 bridgehead atoms. The molecule has 0 saturated heterocycles. The molecule has 0 aromatic heterocycles. The van der Waals surface area contributed by atoms with Crippen LogP contribution in [0.2, 0.25) is 0 Å². The van der Waals surface area contributed by atoms with Crippen LogP contribution in [0, 0.1) is 28.6 Å². The van der Waals surface area contributed by atoms with Crippen LogP contribution in [0.25, 0.3) is 0 Å². The van der Waals surface area contributed by atoms with E-state index in [4.69, 9.17) is 4.74 Å². The number of methoxy groups -OCH3 is 1. The van der Waals surface area contributed by atoms with Crippen molar-refractivity contribution >= 4 is 5.97 Å². The fraction of sp³-hybridized carbons (Fsp3) is 0.944. The third-order valence-corrected chi connectivity index (χ3v) is 5.21. The summed E-state index contributed by atoms with van der Waals surface area (Å²) in [5.74, 6) is 0.956. The van der Waals surface area contributed by atoms with Crippen molar-refractivity contribution in [3.63, 3.8) is 0 Å². The Kier molecular flexibility index (Phi) is 5.88. The van der Waals surface area contributed by atoms with Crippen LogP contribution in [0.3, 0.4) is 0 Å². The number of hydrogen-bond donors (Lipinski definition) is 1. The third-order valence-electron chi connectivity index (χ3n) is 5.21. The Bertz CT molecular complexity index is 324. The van der Waals surface area contributed by atoms with Crippen LogP contribution in [0.1, 0.15) is 67.2 Å².